The predicted octanol–water partition coefficient (Wildman–Crippen LogP) is 3.47. The molecule has 0 spiro atoms. The molecule has 1 aromatic rings. The van der Waals surface area contributed by atoms with Crippen molar-refractivity contribution in [3.05, 3.63) is 35.4 Å². The standard InChI is InChI=1S/C10H7F3S2/c11-10(12,13)6-3-1-2-5(4-6)7-8(14)9(7)15/h1-4,7-8,14H. The maximum Gasteiger partial charge on any atom is 0.416 e. The second kappa shape index (κ2) is 3.49. The molecule has 5 heteroatoms. The van der Waals surface area contributed by atoms with Crippen molar-refractivity contribution in [2.45, 2.75) is 17.3 Å². The van der Waals surface area contributed by atoms with E-state index in [9.17, 15) is 13.2 Å². The van der Waals surface area contributed by atoms with Crippen molar-refractivity contribution in [3.63, 3.8) is 0 Å². The van der Waals surface area contributed by atoms with Crippen molar-refractivity contribution in [1.82, 2.24) is 0 Å². The van der Waals surface area contributed by atoms with Crippen molar-refractivity contribution in [2.75, 3.05) is 0 Å². The van der Waals surface area contributed by atoms with Crippen molar-refractivity contribution in [3.8, 4) is 0 Å². The van der Waals surface area contributed by atoms with Gasteiger partial charge in [-0.1, -0.05) is 30.4 Å². The van der Waals surface area contributed by atoms with Crippen LogP contribution in [0, 0.1) is 0 Å². The molecule has 0 nitrogen and oxygen atoms in total. The summed E-state index contributed by atoms with van der Waals surface area (Å²) in [5.41, 5.74) is -0.0231. The molecule has 0 radical (unpaired) electrons. The molecule has 0 bridgehead atoms. The molecule has 1 aromatic carbocycles. The molecular formula is C10H7F3S2. The Morgan fingerprint density at radius 2 is 1.87 bits per heavy atom. The van der Waals surface area contributed by atoms with Gasteiger partial charge in [0.1, 0.15) is 0 Å². The molecule has 0 heterocycles. The first kappa shape index (κ1) is 11.0. The fraction of sp³-hybridized carbons (Fsp3) is 0.300. The molecule has 0 N–H and O–H groups in total. The molecule has 2 rings (SSSR count). The topological polar surface area (TPSA) is 0 Å². The van der Waals surface area contributed by atoms with Crippen LogP contribution in [-0.4, -0.2) is 10.1 Å². The van der Waals surface area contributed by atoms with Crippen LogP contribution in [0.3, 0.4) is 0 Å². The van der Waals surface area contributed by atoms with Gasteiger partial charge in [0.2, 0.25) is 0 Å². The SMILES string of the molecule is FC(F)(F)c1cccc(C2C(=S)C2S)c1. The fourth-order valence-corrected chi connectivity index (χ4v) is 2.33. The summed E-state index contributed by atoms with van der Waals surface area (Å²) in [6.45, 7) is 0. The molecule has 2 unspecified atom stereocenters. The molecular weight excluding hydrogens is 241 g/mol. The molecule has 15 heavy (non-hydrogen) atoms. The number of thiol groups is 1. The number of rotatable bonds is 1. The first-order valence-corrected chi connectivity index (χ1v) is 5.22. The van der Waals surface area contributed by atoms with E-state index in [0.717, 1.165) is 17.0 Å². The summed E-state index contributed by atoms with van der Waals surface area (Å²) >= 11 is 9.12. The van der Waals surface area contributed by atoms with Crippen LogP contribution in [0.1, 0.15) is 17.0 Å². The second-order valence-corrected chi connectivity index (χ2v) is 4.48. The Morgan fingerprint density at radius 1 is 1.27 bits per heavy atom. The molecule has 0 aliphatic heterocycles. The Hall–Kier alpha value is -0.550. The molecule has 0 saturated heterocycles. The highest BCUT2D eigenvalue weighted by atomic mass is 32.1. The highest BCUT2D eigenvalue weighted by molar-refractivity contribution is 7.88. The molecule has 2 atom stereocenters. The largest absolute Gasteiger partial charge is 0.416 e. The fourth-order valence-electron chi connectivity index (χ4n) is 1.48. The molecule has 1 aliphatic rings. The summed E-state index contributed by atoms with van der Waals surface area (Å²) in [6, 6.07) is 5.26. The number of benzene rings is 1. The van der Waals surface area contributed by atoms with E-state index in [1.165, 1.54) is 6.07 Å². The minimum Gasteiger partial charge on any atom is -0.170 e. The van der Waals surface area contributed by atoms with Crippen LogP contribution in [0.15, 0.2) is 24.3 Å². The van der Waals surface area contributed by atoms with Gasteiger partial charge in [-0.2, -0.15) is 25.8 Å². The van der Waals surface area contributed by atoms with E-state index in [1.807, 2.05) is 0 Å². The third-order valence-corrected chi connectivity index (χ3v) is 3.64. The lowest BCUT2D eigenvalue weighted by Gasteiger charge is -2.07. The Morgan fingerprint density at radius 3 is 2.33 bits per heavy atom. The minimum absolute atomic E-state index is 0.0662. The number of hydrogen-bond acceptors (Lipinski definition) is 2. The van der Waals surface area contributed by atoms with E-state index in [1.54, 1.807) is 6.07 Å². The molecule has 0 amide bonds. The Balaban J connectivity index is 2.32. The lowest BCUT2D eigenvalue weighted by atomic mass is 10.1. The monoisotopic (exact) mass is 248 g/mol. The highest BCUT2D eigenvalue weighted by Gasteiger charge is 2.43. The van der Waals surface area contributed by atoms with Crippen LogP contribution in [0.4, 0.5) is 13.2 Å². The normalized spacial score (nSPS) is 25.5. The Labute approximate surface area is 95.9 Å². The number of thiocarbonyl (C=S) groups is 1. The summed E-state index contributed by atoms with van der Waals surface area (Å²) in [7, 11) is 0. The van der Waals surface area contributed by atoms with Gasteiger partial charge >= 0.3 is 6.18 Å². The van der Waals surface area contributed by atoms with E-state index in [0.29, 0.717) is 5.56 Å². The van der Waals surface area contributed by atoms with Crippen molar-refractivity contribution in [1.29, 1.82) is 0 Å². The summed E-state index contributed by atoms with van der Waals surface area (Å²) in [6.07, 6.45) is -4.29. The minimum atomic E-state index is -4.29. The van der Waals surface area contributed by atoms with Crippen molar-refractivity contribution in [2.24, 2.45) is 0 Å². The van der Waals surface area contributed by atoms with Crippen LogP contribution in [0.2, 0.25) is 0 Å². The van der Waals surface area contributed by atoms with E-state index in [4.69, 9.17) is 12.2 Å². The van der Waals surface area contributed by atoms with E-state index in [2.05, 4.69) is 12.6 Å². The number of alkyl halides is 3. The summed E-state index contributed by atoms with van der Waals surface area (Å²) in [4.78, 5) is 0.720. The smallest absolute Gasteiger partial charge is 0.170 e. The third-order valence-electron chi connectivity index (χ3n) is 2.38. The zero-order valence-electron chi connectivity index (χ0n) is 7.45. The van der Waals surface area contributed by atoms with E-state index >= 15 is 0 Å². The van der Waals surface area contributed by atoms with Crippen LogP contribution in [-0.2, 0) is 6.18 Å². The molecule has 1 aliphatic carbocycles. The van der Waals surface area contributed by atoms with Crippen LogP contribution in [0.25, 0.3) is 0 Å². The Bertz CT molecular complexity index is 411. The van der Waals surface area contributed by atoms with Gasteiger partial charge in [0, 0.05) is 16.0 Å². The van der Waals surface area contributed by atoms with Gasteiger partial charge < -0.3 is 0 Å². The lowest BCUT2D eigenvalue weighted by molar-refractivity contribution is -0.137. The van der Waals surface area contributed by atoms with Crippen LogP contribution < -0.4 is 0 Å². The van der Waals surface area contributed by atoms with Gasteiger partial charge in [0.15, 0.2) is 0 Å². The van der Waals surface area contributed by atoms with Gasteiger partial charge in [-0.25, -0.2) is 0 Å². The molecule has 80 valence electrons. The summed E-state index contributed by atoms with van der Waals surface area (Å²) in [5, 5.41) is -0.0662. The lowest BCUT2D eigenvalue weighted by Crippen LogP contribution is -2.05. The van der Waals surface area contributed by atoms with Crippen LogP contribution in [0.5, 0.6) is 0 Å². The third kappa shape index (κ3) is 2.03. The molecule has 0 aromatic heterocycles. The van der Waals surface area contributed by atoms with Gasteiger partial charge in [-0.05, 0) is 11.6 Å². The van der Waals surface area contributed by atoms with E-state index < -0.39 is 11.7 Å². The first-order valence-electron chi connectivity index (χ1n) is 4.30. The number of halogens is 3. The average Bonchev–Trinajstić information content (AvgIpc) is 2.74. The van der Waals surface area contributed by atoms with Crippen LogP contribution >= 0.6 is 24.8 Å². The zero-order chi connectivity index (χ0) is 11.2. The zero-order valence-corrected chi connectivity index (χ0v) is 9.16. The highest BCUT2D eigenvalue weighted by Crippen LogP contribution is 2.43. The first-order chi connectivity index (χ1) is 6.91. The second-order valence-electron chi connectivity index (χ2n) is 3.45. The van der Waals surface area contributed by atoms with E-state index in [-0.39, 0.29) is 11.2 Å². The van der Waals surface area contributed by atoms with Crippen molar-refractivity contribution >= 4 is 29.7 Å². The Kier molecular flexibility index (Phi) is 2.55. The van der Waals surface area contributed by atoms with Crippen molar-refractivity contribution < 1.29 is 13.2 Å². The number of hydrogen-bond donors (Lipinski definition) is 1. The maximum atomic E-state index is 12.4. The molecule has 1 saturated carbocycles. The van der Waals surface area contributed by atoms with Gasteiger partial charge in [0.05, 0.1) is 5.56 Å². The average molecular weight is 248 g/mol. The van der Waals surface area contributed by atoms with Gasteiger partial charge in [-0.15, -0.1) is 0 Å². The summed E-state index contributed by atoms with van der Waals surface area (Å²) in [5.74, 6) is -0.0920. The predicted molar refractivity (Wildman–Crippen MR) is 59.6 cm³/mol. The van der Waals surface area contributed by atoms with Gasteiger partial charge in [-0.3, -0.25) is 0 Å². The quantitative estimate of drug-likeness (QED) is 0.586. The summed E-state index contributed by atoms with van der Waals surface area (Å²) < 4.78 is 37.2. The maximum absolute atomic E-state index is 12.4. The van der Waals surface area contributed by atoms with Gasteiger partial charge in [0.25, 0.3) is 0 Å². The molecule has 1 fully saturated rings.